The summed E-state index contributed by atoms with van der Waals surface area (Å²) in [7, 11) is 1.68. The van der Waals surface area contributed by atoms with Crippen molar-refractivity contribution in [2.24, 2.45) is 0 Å². The third-order valence-corrected chi connectivity index (χ3v) is 9.23. The zero-order valence-electron chi connectivity index (χ0n) is 41.8. The standard InChI is InChI=1S/C27H32O7.C18H26O3.2C4H8.C3H8O/c1-2-26(29)32-19-8-6-4-3-5-7-18-31-24-15-11-23(12-16-24)27(30)33-20-17-22-9-13-25(14-10-22)34-21-28;1-3-18(19)21-15-9-7-5-4-6-8-14-20-17-12-10-16(2)11-13-17;3*1-3-4-2/h2,9-16,21H,1,3-8,17-20H2;3,10-13H,1,4-9,14-15H2,2H3;2*3-4H,1-2H3;3H2,1-2H3/b;;2*4-3-;. The van der Waals surface area contributed by atoms with E-state index in [2.05, 4.69) is 37.0 Å². The summed E-state index contributed by atoms with van der Waals surface area (Å²) in [5.41, 5.74) is 2.70. The van der Waals surface area contributed by atoms with E-state index in [1.54, 1.807) is 43.5 Å². The van der Waals surface area contributed by atoms with E-state index in [4.69, 9.17) is 28.4 Å². The van der Waals surface area contributed by atoms with Gasteiger partial charge in [0.25, 0.3) is 6.47 Å². The summed E-state index contributed by atoms with van der Waals surface area (Å²) in [6, 6.07) is 22.1. The number of benzene rings is 3. The minimum Gasteiger partial charge on any atom is -0.494 e. The molecule has 3 rings (SSSR count). The fraction of sp³-hybridized carbons (Fsp3) is 0.464. The maximum absolute atomic E-state index is 12.2. The van der Waals surface area contributed by atoms with Gasteiger partial charge in [0, 0.05) is 32.3 Å². The van der Waals surface area contributed by atoms with Crippen molar-refractivity contribution in [3.63, 3.8) is 0 Å². The number of hydrogen-bond acceptors (Lipinski definition) is 11. The van der Waals surface area contributed by atoms with Gasteiger partial charge in [0.2, 0.25) is 0 Å². The van der Waals surface area contributed by atoms with Crippen LogP contribution in [0.15, 0.2) is 122 Å². The molecule has 372 valence electrons. The highest BCUT2D eigenvalue weighted by molar-refractivity contribution is 5.89. The van der Waals surface area contributed by atoms with Crippen LogP contribution < -0.4 is 14.2 Å². The van der Waals surface area contributed by atoms with Crippen LogP contribution in [0, 0.1) is 6.92 Å². The number of allylic oxidation sites excluding steroid dienone is 4. The number of unbranched alkanes of at least 4 members (excludes halogenated alkanes) is 10. The maximum atomic E-state index is 12.2. The smallest absolute Gasteiger partial charge is 0.338 e. The van der Waals surface area contributed by atoms with Crippen LogP contribution in [0.25, 0.3) is 0 Å². The molecule has 0 spiro atoms. The predicted octanol–water partition coefficient (Wildman–Crippen LogP) is 13.3. The van der Waals surface area contributed by atoms with E-state index in [1.165, 1.54) is 37.0 Å². The van der Waals surface area contributed by atoms with Crippen molar-refractivity contribution >= 4 is 24.4 Å². The lowest BCUT2D eigenvalue weighted by molar-refractivity contribution is -0.138. The number of aryl methyl sites for hydroxylation is 1. The third kappa shape index (κ3) is 41.2. The lowest BCUT2D eigenvalue weighted by atomic mass is 10.1. The van der Waals surface area contributed by atoms with Gasteiger partial charge < -0.3 is 33.2 Å². The SMILES string of the molecule is C/C=C\C.C/C=C\C.C=CC(=O)OCCCCCCCCOc1ccc(C(=O)OCCc2ccc(OC=O)cc2)cc1.C=CC(=O)OCCCCCCCCOc1ccc(C)cc1.CCOC. The van der Waals surface area contributed by atoms with Crippen LogP contribution in [0.2, 0.25) is 0 Å². The van der Waals surface area contributed by atoms with Gasteiger partial charge in [0.05, 0.1) is 38.6 Å². The molecular formula is C56H82O11. The van der Waals surface area contributed by atoms with Gasteiger partial charge in [-0.1, -0.05) is 119 Å². The Morgan fingerprint density at radius 1 is 0.507 bits per heavy atom. The lowest BCUT2D eigenvalue weighted by Gasteiger charge is -2.08. The number of carbonyl (C=O) groups is 4. The van der Waals surface area contributed by atoms with E-state index in [0.29, 0.717) is 44.0 Å². The number of ether oxygens (including phenoxy) is 7. The molecule has 0 saturated carbocycles. The molecule has 0 atom stereocenters. The van der Waals surface area contributed by atoms with E-state index in [9.17, 15) is 19.2 Å². The summed E-state index contributed by atoms with van der Waals surface area (Å²) < 4.78 is 35.9. The van der Waals surface area contributed by atoms with Crippen LogP contribution in [0.1, 0.15) is 133 Å². The summed E-state index contributed by atoms with van der Waals surface area (Å²) in [6.45, 7) is 22.6. The van der Waals surface area contributed by atoms with E-state index >= 15 is 0 Å². The highest BCUT2D eigenvalue weighted by Crippen LogP contribution is 2.16. The molecule has 11 nitrogen and oxygen atoms in total. The molecule has 0 unspecified atom stereocenters. The first-order valence-electron chi connectivity index (χ1n) is 23.6. The van der Waals surface area contributed by atoms with Gasteiger partial charge in [0.1, 0.15) is 17.2 Å². The van der Waals surface area contributed by atoms with Crippen molar-refractivity contribution in [1.29, 1.82) is 0 Å². The molecule has 3 aromatic rings. The Morgan fingerprint density at radius 2 is 0.881 bits per heavy atom. The number of methoxy groups -OCH3 is 1. The first-order chi connectivity index (χ1) is 32.6. The van der Waals surface area contributed by atoms with Crippen molar-refractivity contribution in [1.82, 2.24) is 0 Å². The monoisotopic (exact) mass is 931 g/mol. The van der Waals surface area contributed by atoms with Crippen LogP contribution in [0.5, 0.6) is 17.2 Å². The van der Waals surface area contributed by atoms with E-state index in [-0.39, 0.29) is 24.5 Å². The summed E-state index contributed by atoms with van der Waals surface area (Å²) >= 11 is 0. The summed E-state index contributed by atoms with van der Waals surface area (Å²) in [4.78, 5) is 44.2. The molecule has 0 N–H and O–H groups in total. The quantitative estimate of drug-likeness (QED) is 0.0164. The normalized spacial score (nSPS) is 9.96. The molecule has 0 saturated heterocycles. The van der Waals surface area contributed by atoms with Crippen molar-refractivity contribution < 1.29 is 52.3 Å². The molecule has 0 fully saturated rings. The average molecular weight is 931 g/mol. The topological polar surface area (TPSA) is 133 Å². The summed E-state index contributed by atoms with van der Waals surface area (Å²) in [5.74, 6) is 1.06. The fourth-order valence-corrected chi connectivity index (χ4v) is 5.12. The predicted molar refractivity (Wildman–Crippen MR) is 272 cm³/mol. The van der Waals surface area contributed by atoms with Crippen LogP contribution in [-0.4, -0.2) is 71.1 Å². The van der Waals surface area contributed by atoms with Crippen molar-refractivity contribution in [3.8, 4) is 17.2 Å². The Bertz CT molecular complexity index is 1690. The molecule has 0 bridgehead atoms. The Labute approximate surface area is 403 Å². The highest BCUT2D eigenvalue weighted by atomic mass is 16.5. The largest absolute Gasteiger partial charge is 0.494 e. The van der Waals surface area contributed by atoms with Gasteiger partial charge in [-0.15, -0.1) is 0 Å². The fourth-order valence-electron chi connectivity index (χ4n) is 5.12. The number of hydrogen-bond donors (Lipinski definition) is 0. The Kier molecular flexibility index (Phi) is 45.2. The Morgan fingerprint density at radius 3 is 1.25 bits per heavy atom. The molecule has 11 heteroatoms. The maximum Gasteiger partial charge on any atom is 0.338 e. The summed E-state index contributed by atoms with van der Waals surface area (Å²) in [5, 5.41) is 0. The minimum atomic E-state index is -0.383. The second-order valence-corrected chi connectivity index (χ2v) is 14.7. The van der Waals surface area contributed by atoms with Crippen LogP contribution in [0.4, 0.5) is 0 Å². The molecule has 0 radical (unpaired) electrons. The van der Waals surface area contributed by atoms with Gasteiger partial charge in [-0.3, -0.25) is 4.79 Å². The Hall–Kier alpha value is -5.94. The average Bonchev–Trinajstić information content (AvgIpc) is 3.36. The van der Waals surface area contributed by atoms with Crippen LogP contribution in [-0.2, 0) is 39.8 Å². The van der Waals surface area contributed by atoms with Gasteiger partial charge in [-0.05, 0) is 121 Å². The van der Waals surface area contributed by atoms with Crippen molar-refractivity contribution in [2.75, 3.05) is 46.8 Å². The van der Waals surface area contributed by atoms with Crippen molar-refractivity contribution in [2.45, 2.75) is 125 Å². The zero-order chi connectivity index (χ0) is 50.0. The molecule has 0 heterocycles. The molecule has 67 heavy (non-hydrogen) atoms. The summed E-state index contributed by atoms with van der Waals surface area (Å²) in [6.07, 6.45) is 23.8. The van der Waals surface area contributed by atoms with Gasteiger partial charge in [-0.25, -0.2) is 14.4 Å². The Balaban J connectivity index is 0. The number of esters is 3. The van der Waals surface area contributed by atoms with E-state index < -0.39 is 0 Å². The molecule has 0 aliphatic heterocycles. The number of rotatable bonds is 29. The lowest BCUT2D eigenvalue weighted by Crippen LogP contribution is -2.08. The first-order valence-corrected chi connectivity index (χ1v) is 23.6. The molecule has 0 aliphatic rings. The van der Waals surface area contributed by atoms with Gasteiger partial charge in [-0.2, -0.15) is 0 Å². The highest BCUT2D eigenvalue weighted by Gasteiger charge is 2.08. The molecule has 0 amide bonds. The van der Waals surface area contributed by atoms with Crippen molar-refractivity contribution in [3.05, 3.63) is 139 Å². The molecule has 3 aromatic carbocycles. The van der Waals surface area contributed by atoms with Gasteiger partial charge in [0.15, 0.2) is 0 Å². The van der Waals surface area contributed by atoms with E-state index in [1.807, 2.05) is 83.2 Å². The first kappa shape index (κ1) is 63.1. The molecule has 0 aromatic heterocycles. The minimum absolute atomic E-state index is 0.255. The van der Waals surface area contributed by atoms with Gasteiger partial charge >= 0.3 is 17.9 Å². The molecular weight excluding hydrogens is 849 g/mol. The third-order valence-electron chi connectivity index (χ3n) is 9.23. The van der Waals surface area contributed by atoms with Crippen LogP contribution in [0.3, 0.4) is 0 Å². The van der Waals surface area contributed by atoms with E-state index in [0.717, 1.165) is 88.1 Å². The second kappa shape index (κ2) is 48.0. The second-order valence-electron chi connectivity index (χ2n) is 14.7. The van der Waals surface area contributed by atoms with Crippen LogP contribution >= 0.6 is 0 Å². The zero-order valence-corrected chi connectivity index (χ0v) is 41.8. The number of carbonyl (C=O) groups excluding carboxylic acids is 4. The molecule has 0 aliphatic carbocycles.